The van der Waals surface area contributed by atoms with Crippen LogP contribution in [0.1, 0.15) is 32.8 Å². The number of sulfonamides is 1. The van der Waals surface area contributed by atoms with E-state index < -0.39 is 15.6 Å². The van der Waals surface area contributed by atoms with E-state index in [0.717, 1.165) is 32.1 Å². The summed E-state index contributed by atoms with van der Waals surface area (Å²) in [5.74, 6) is 1.28. The number of ether oxygens (including phenoxy) is 1. The first-order chi connectivity index (χ1) is 12.7. The first kappa shape index (κ1) is 25.1. The van der Waals surface area contributed by atoms with Crippen LogP contribution in [0, 0.1) is 5.92 Å². The van der Waals surface area contributed by atoms with Crippen molar-refractivity contribution in [1.29, 1.82) is 0 Å². The standard InChI is InChI=1S/C19H32N4O3S.HI/c1-19(2,3)22-27(24,25)17-9-7-6-8-16(17)12-21-18(20-4)23-11-10-15(13-23)14-26-5;/h6-9,15,22H,10-14H2,1-5H3,(H,20,21);1H. The zero-order valence-electron chi connectivity index (χ0n) is 17.4. The molecule has 2 rings (SSSR count). The summed E-state index contributed by atoms with van der Waals surface area (Å²) in [7, 11) is -0.132. The molecule has 0 bridgehead atoms. The summed E-state index contributed by atoms with van der Waals surface area (Å²) in [6.45, 7) is 8.43. The van der Waals surface area contributed by atoms with Crippen LogP contribution in [0.15, 0.2) is 34.2 Å². The van der Waals surface area contributed by atoms with Crippen LogP contribution in [-0.4, -0.2) is 58.7 Å². The number of hydrogen-bond acceptors (Lipinski definition) is 4. The number of nitrogens with one attached hydrogen (secondary N) is 2. The molecule has 1 heterocycles. The molecule has 0 aromatic heterocycles. The normalized spacial score (nSPS) is 18.1. The molecule has 0 saturated carbocycles. The molecular weight excluding hydrogens is 491 g/mol. The molecule has 28 heavy (non-hydrogen) atoms. The zero-order valence-corrected chi connectivity index (χ0v) is 20.5. The molecule has 1 saturated heterocycles. The van der Waals surface area contributed by atoms with Gasteiger partial charge in [-0.3, -0.25) is 4.99 Å². The summed E-state index contributed by atoms with van der Waals surface area (Å²) in [5, 5.41) is 3.31. The molecule has 1 aliphatic heterocycles. The predicted molar refractivity (Wildman–Crippen MR) is 124 cm³/mol. The van der Waals surface area contributed by atoms with Crippen LogP contribution in [0.3, 0.4) is 0 Å². The number of likely N-dealkylation sites (tertiary alicyclic amines) is 1. The van der Waals surface area contributed by atoms with Crippen LogP contribution < -0.4 is 10.0 Å². The Morgan fingerprint density at radius 3 is 2.61 bits per heavy atom. The minimum absolute atomic E-state index is 0. The van der Waals surface area contributed by atoms with E-state index in [9.17, 15) is 8.42 Å². The Morgan fingerprint density at radius 1 is 1.32 bits per heavy atom. The van der Waals surface area contributed by atoms with Crippen molar-refractivity contribution >= 4 is 40.0 Å². The molecule has 1 aromatic carbocycles. The summed E-state index contributed by atoms with van der Waals surface area (Å²) in [5.41, 5.74) is 0.171. The second kappa shape index (κ2) is 10.7. The van der Waals surface area contributed by atoms with E-state index in [1.165, 1.54) is 0 Å². The second-order valence-electron chi connectivity index (χ2n) is 7.92. The Hall–Kier alpha value is -0.910. The molecule has 160 valence electrons. The van der Waals surface area contributed by atoms with Gasteiger partial charge in [0.25, 0.3) is 0 Å². The highest BCUT2D eigenvalue weighted by Crippen LogP contribution is 2.19. The summed E-state index contributed by atoms with van der Waals surface area (Å²) in [6.07, 6.45) is 1.06. The van der Waals surface area contributed by atoms with Gasteiger partial charge in [-0.15, -0.1) is 24.0 Å². The number of hydrogen-bond donors (Lipinski definition) is 2. The lowest BCUT2D eigenvalue weighted by Crippen LogP contribution is -2.42. The van der Waals surface area contributed by atoms with Gasteiger partial charge in [0.1, 0.15) is 0 Å². The van der Waals surface area contributed by atoms with Crippen molar-refractivity contribution < 1.29 is 13.2 Å². The average molecular weight is 524 g/mol. The Labute approximate surface area is 186 Å². The number of rotatable bonds is 6. The average Bonchev–Trinajstić information content (AvgIpc) is 3.02. The van der Waals surface area contributed by atoms with Crippen molar-refractivity contribution in [2.24, 2.45) is 10.9 Å². The Balaban J connectivity index is 0.00000392. The Kier molecular flexibility index (Phi) is 9.65. The molecule has 1 fully saturated rings. The molecule has 0 amide bonds. The van der Waals surface area contributed by atoms with E-state index in [1.54, 1.807) is 26.3 Å². The second-order valence-corrected chi connectivity index (χ2v) is 9.57. The van der Waals surface area contributed by atoms with Gasteiger partial charge in [-0.1, -0.05) is 18.2 Å². The maximum atomic E-state index is 12.8. The van der Waals surface area contributed by atoms with Gasteiger partial charge in [0.15, 0.2) is 5.96 Å². The third kappa shape index (κ3) is 7.16. The van der Waals surface area contributed by atoms with Gasteiger partial charge in [0.2, 0.25) is 10.0 Å². The van der Waals surface area contributed by atoms with Crippen LogP contribution in [0.5, 0.6) is 0 Å². The Bertz CT molecular complexity index is 763. The summed E-state index contributed by atoms with van der Waals surface area (Å²) in [4.78, 5) is 6.84. The predicted octanol–water partition coefficient (Wildman–Crippen LogP) is 2.43. The van der Waals surface area contributed by atoms with Crippen LogP contribution in [0.25, 0.3) is 0 Å². The topological polar surface area (TPSA) is 83.0 Å². The van der Waals surface area contributed by atoms with Gasteiger partial charge in [0.05, 0.1) is 11.5 Å². The van der Waals surface area contributed by atoms with Crippen molar-refractivity contribution in [3.8, 4) is 0 Å². The fourth-order valence-electron chi connectivity index (χ4n) is 3.27. The highest BCUT2D eigenvalue weighted by Gasteiger charge is 2.26. The van der Waals surface area contributed by atoms with Crippen molar-refractivity contribution in [1.82, 2.24) is 14.9 Å². The van der Waals surface area contributed by atoms with Gasteiger partial charge in [-0.05, 0) is 38.8 Å². The van der Waals surface area contributed by atoms with Gasteiger partial charge in [0, 0.05) is 45.2 Å². The molecule has 9 heteroatoms. The first-order valence-electron chi connectivity index (χ1n) is 9.22. The fraction of sp³-hybridized carbons (Fsp3) is 0.632. The molecule has 1 atom stereocenters. The summed E-state index contributed by atoms with van der Waals surface area (Å²) in [6, 6.07) is 7.05. The lowest BCUT2D eigenvalue weighted by Gasteiger charge is -2.23. The van der Waals surface area contributed by atoms with Gasteiger partial charge < -0.3 is 15.0 Å². The number of aliphatic imine (C=N–C) groups is 1. The monoisotopic (exact) mass is 524 g/mol. The van der Waals surface area contributed by atoms with E-state index in [-0.39, 0.29) is 24.0 Å². The molecule has 0 spiro atoms. The highest BCUT2D eigenvalue weighted by molar-refractivity contribution is 14.0. The number of benzene rings is 1. The number of methoxy groups -OCH3 is 1. The van der Waals surface area contributed by atoms with Crippen molar-refractivity contribution in [2.75, 3.05) is 33.9 Å². The zero-order chi connectivity index (χ0) is 20.1. The van der Waals surface area contributed by atoms with Gasteiger partial charge in [-0.2, -0.15) is 0 Å². The minimum Gasteiger partial charge on any atom is -0.384 e. The number of guanidine groups is 1. The maximum Gasteiger partial charge on any atom is 0.241 e. The van der Waals surface area contributed by atoms with E-state index >= 15 is 0 Å². The highest BCUT2D eigenvalue weighted by atomic mass is 127. The lowest BCUT2D eigenvalue weighted by molar-refractivity contribution is 0.157. The van der Waals surface area contributed by atoms with Crippen molar-refractivity contribution in [3.05, 3.63) is 29.8 Å². The third-order valence-electron chi connectivity index (χ3n) is 4.34. The van der Waals surface area contributed by atoms with Gasteiger partial charge >= 0.3 is 0 Å². The molecule has 2 N–H and O–H groups in total. The molecule has 1 aromatic rings. The molecular formula is C19H33IN4O3S. The number of nitrogens with zero attached hydrogens (tertiary/aromatic N) is 2. The van der Waals surface area contributed by atoms with Crippen molar-refractivity contribution in [2.45, 2.75) is 44.2 Å². The third-order valence-corrected chi connectivity index (χ3v) is 6.20. The summed E-state index contributed by atoms with van der Waals surface area (Å²) < 4.78 is 33.5. The van der Waals surface area contributed by atoms with Crippen LogP contribution in [-0.2, 0) is 21.3 Å². The molecule has 7 nitrogen and oxygen atoms in total. The molecule has 1 aliphatic rings. The van der Waals surface area contributed by atoms with Crippen molar-refractivity contribution in [3.63, 3.8) is 0 Å². The summed E-state index contributed by atoms with van der Waals surface area (Å²) >= 11 is 0. The van der Waals surface area contributed by atoms with Crippen LogP contribution in [0.2, 0.25) is 0 Å². The van der Waals surface area contributed by atoms with E-state index in [0.29, 0.717) is 22.9 Å². The number of halogens is 1. The smallest absolute Gasteiger partial charge is 0.241 e. The van der Waals surface area contributed by atoms with E-state index in [1.807, 2.05) is 32.9 Å². The SMILES string of the molecule is CN=C(NCc1ccccc1S(=O)(=O)NC(C)(C)C)N1CCC(COC)C1.I. The Morgan fingerprint density at radius 2 is 2.00 bits per heavy atom. The lowest BCUT2D eigenvalue weighted by atomic mass is 10.1. The largest absolute Gasteiger partial charge is 0.384 e. The maximum absolute atomic E-state index is 12.8. The quantitative estimate of drug-likeness (QED) is 0.340. The fourth-order valence-corrected chi connectivity index (χ4v) is 4.93. The van der Waals surface area contributed by atoms with E-state index in [2.05, 4.69) is 19.9 Å². The molecule has 0 radical (unpaired) electrons. The van der Waals surface area contributed by atoms with Gasteiger partial charge in [-0.25, -0.2) is 13.1 Å². The minimum atomic E-state index is -3.60. The molecule has 1 unspecified atom stereocenters. The van der Waals surface area contributed by atoms with Crippen LogP contribution >= 0.6 is 24.0 Å². The van der Waals surface area contributed by atoms with E-state index in [4.69, 9.17) is 4.74 Å². The first-order valence-corrected chi connectivity index (χ1v) is 10.7. The molecule has 0 aliphatic carbocycles. The van der Waals surface area contributed by atoms with Crippen LogP contribution in [0.4, 0.5) is 0 Å².